The van der Waals surface area contributed by atoms with E-state index in [1.807, 2.05) is 0 Å². The van der Waals surface area contributed by atoms with Crippen molar-refractivity contribution in [3.63, 3.8) is 0 Å². The molecule has 5 heteroatoms. The van der Waals surface area contributed by atoms with E-state index < -0.39 is 5.95 Å². The minimum atomic E-state index is -0.609. The summed E-state index contributed by atoms with van der Waals surface area (Å²) in [7, 11) is 2.07. The Morgan fingerprint density at radius 2 is 2.28 bits per heavy atom. The van der Waals surface area contributed by atoms with Crippen LogP contribution in [-0.4, -0.2) is 53.4 Å². The highest BCUT2D eigenvalue weighted by Crippen LogP contribution is 2.13. The third-order valence-corrected chi connectivity index (χ3v) is 3.47. The number of pyridine rings is 1. The van der Waals surface area contributed by atoms with Crippen LogP contribution in [0.5, 0.6) is 0 Å². The van der Waals surface area contributed by atoms with E-state index >= 15 is 0 Å². The molecule has 1 aromatic heterocycles. The molecule has 2 heterocycles. The molecule has 1 saturated heterocycles. The topological polar surface area (TPSA) is 36.4 Å². The standard InChI is InChI=1S/C13H18FN3O/c1-3-10-9-17(8-7-16(10)2)13(18)11-5-4-6-12(14)15-11/h4-6,10H,3,7-9H2,1-2H3. The third-order valence-electron chi connectivity index (χ3n) is 3.47. The van der Waals surface area contributed by atoms with Crippen LogP contribution in [0.25, 0.3) is 0 Å². The minimum absolute atomic E-state index is 0.180. The molecule has 18 heavy (non-hydrogen) atoms. The van der Waals surface area contributed by atoms with E-state index in [0.717, 1.165) is 13.0 Å². The van der Waals surface area contributed by atoms with Gasteiger partial charge >= 0.3 is 0 Å². The van der Waals surface area contributed by atoms with E-state index in [1.165, 1.54) is 12.1 Å². The molecule has 1 fully saturated rings. The van der Waals surface area contributed by atoms with Gasteiger partial charge in [-0.05, 0) is 25.6 Å². The number of piperazine rings is 1. The minimum Gasteiger partial charge on any atom is -0.334 e. The van der Waals surface area contributed by atoms with E-state index in [4.69, 9.17) is 0 Å². The zero-order chi connectivity index (χ0) is 13.1. The van der Waals surface area contributed by atoms with Gasteiger partial charge in [-0.15, -0.1) is 0 Å². The van der Waals surface area contributed by atoms with Gasteiger partial charge in [0.2, 0.25) is 5.95 Å². The maximum Gasteiger partial charge on any atom is 0.272 e. The molecule has 0 spiro atoms. The second-order valence-corrected chi connectivity index (χ2v) is 4.64. The van der Waals surface area contributed by atoms with Gasteiger partial charge in [-0.2, -0.15) is 4.39 Å². The summed E-state index contributed by atoms with van der Waals surface area (Å²) in [4.78, 5) is 19.9. The number of aromatic nitrogens is 1. The highest BCUT2D eigenvalue weighted by molar-refractivity contribution is 5.92. The van der Waals surface area contributed by atoms with Gasteiger partial charge in [-0.3, -0.25) is 9.69 Å². The zero-order valence-electron chi connectivity index (χ0n) is 10.8. The fourth-order valence-corrected chi connectivity index (χ4v) is 2.26. The molecule has 0 aromatic carbocycles. The van der Waals surface area contributed by atoms with Crippen molar-refractivity contribution in [1.29, 1.82) is 0 Å². The molecule has 98 valence electrons. The fourth-order valence-electron chi connectivity index (χ4n) is 2.26. The second kappa shape index (κ2) is 5.44. The fraction of sp³-hybridized carbons (Fsp3) is 0.538. The third kappa shape index (κ3) is 2.67. The van der Waals surface area contributed by atoms with E-state index in [2.05, 4.69) is 23.9 Å². The SMILES string of the molecule is CCC1CN(C(=O)c2cccc(F)n2)CCN1C. The Bertz CT molecular complexity index is 438. The first-order valence-electron chi connectivity index (χ1n) is 6.24. The first-order valence-corrected chi connectivity index (χ1v) is 6.24. The van der Waals surface area contributed by atoms with Crippen molar-refractivity contribution in [3.05, 3.63) is 29.8 Å². The van der Waals surface area contributed by atoms with Crippen molar-refractivity contribution in [2.75, 3.05) is 26.7 Å². The summed E-state index contributed by atoms with van der Waals surface area (Å²) >= 11 is 0. The number of carbonyl (C=O) groups is 1. The molecule has 0 saturated carbocycles. The lowest BCUT2D eigenvalue weighted by Gasteiger charge is -2.38. The summed E-state index contributed by atoms with van der Waals surface area (Å²) in [6.45, 7) is 4.31. The van der Waals surface area contributed by atoms with Gasteiger partial charge in [-0.25, -0.2) is 4.98 Å². The van der Waals surface area contributed by atoms with Crippen molar-refractivity contribution in [2.24, 2.45) is 0 Å². The Labute approximate surface area is 106 Å². The van der Waals surface area contributed by atoms with Gasteiger partial charge in [0.15, 0.2) is 0 Å². The van der Waals surface area contributed by atoms with E-state index in [1.54, 1.807) is 11.0 Å². The number of halogens is 1. The van der Waals surface area contributed by atoms with E-state index in [0.29, 0.717) is 19.1 Å². The van der Waals surface area contributed by atoms with Crippen LogP contribution >= 0.6 is 0 Å². The Balaban J connectivity index is 2.10. The Morgan fingerprint density at radius 1 is 1.50 bits per heavy atom. The van der Waals surface area contributed by atoms with Crippen LogP contribution in [-0.2, 0) is 0 Å². The first-order chi connectivity index (χ1) is 8.61. The molecule has 0 N–H and O–H groups in total. The quantitative estimate of drug-likeness (QED) is 0.745. The summed E-state index contributed by atoms with van der Waals surface area (Å²) in [6, 6.07) is 4.69. The smallest absolute Gasteiger partial charge is 0.272 e. The number of nitrogens with zero attached hydrogens (tertiary/aromatic N) is 3. The number of amides is 1. The number of carbonyl (C=O) groups excluding carboxylic acids is 1. The Morgan fingerprint density at radius 3 is 2.94 bits per heavy atom. The summed E-state index contributed by atoms with van der Waals surface area (Å²) in [5.74, 6) is -0.789. The molecule has 1 aliphatic heterocycles. The molecule has 0 aliphatic carbocycles. The highest BCUT2D eigenvalue weighted by atomic mass is 19.1. The largest absolute Gasteiger partial charge is 0.334 e. The highest BCUT2D eigenvalue weighted by Gasteiger charge is 2.27. The van der Waals surface area contributed by atoms with Gasteiger partial charge in [-0.1, -0.05) is 13.0 Å². The van der Waals surface area contributed by atoms with Crippen LogP contribution in [0.3, 0.4) is 0 Å². The van der Waals surface area contributed by atoms with Gasteiger partial charge in [0.05, 0.1) is 0 Å². The van der Waals surface area contributed by atoms with Crippen LogP contribution in [0, 0.1) is 5.95 Å². The van der Waals surface area contributed by atoms with Gasteiger partial charge < -0.3 is 4.90 Å². The summed E-state index contributed by atoms with van der Waals surface area (Å²) in [5.41, 5.74) is 0.189. The number of hydrogen-bond acceptors (Lipinski definition) is 3. The molecular formula is C13H18FN3O. The van der Waals surface area contributed by atoms with Crippen LogP contribution < -0.4 is 0 Å². The molecular weight excluding hydrogens is 233 g/mol. The monoisotopic (exact) mass is 251 g/mol. The lowest BCUT2D eigenvalue weighted by atomic mass is 10.1. The van der Waals surface area contributed by atoms with Crippen LogP contribution in [0.4, 0.5) is 4.39 Å². The lowest BCUT2D eigenvalue weighted by molar-refractivity contribution is 0.0535. The molecule has 2 rings (SSSR count). The zero-order valence-corrected chi connectivity index (χ0v) is 10.8. The van der Waals surface area contributed by atoms with Crippen molar-refractivity contribution < 1.29 is 9.18 Å². The summed E-state index contributed by atoms with van der Waals surface area (Å²) in [5, 5.41) is 0. The number of rotatable bonds is 2. The van der Waals surface area contributed by atoms with Crippen LogP contribution in [0.1, 0.15) is 23.8 Å². The van der Waals surface area contributed by atoms with E-state index in [-0.39, 0.29) is 11.6 Å². The molecule has 1 aliphatic rings. The predicted octanol–water partition coefficient (Wildman–Crippen LogP) is 1.39. The number of likely N-dealkylation sites (N-methyl/N-ethyl adjacent to an activating group) is 1. The Kier molecular flexibility index (Phi) is 3.91. The van der Waals surface area contributed by atoms with Crippen LogP contribution in [0.15, 0.2) is 18.2 Å². The lowest BCUT2D eigenvalue weighted by Crippen LogP contribution is -2.53. The summed E-state index contributed by atoms with van der Waals surface area (Å²) in [6.07, 6.45) is 0.997. The average Bonchev–Trinajstić information content (AvgIpc) is 2.38. The van der Waals surface area contributed by atoms with Crippen molar-refractivity contribution in [2.45, 2.75) is 19.4 Å². The van der Waals surface area contributed by atoms with Crippen molar-refractivity contribution in [3.8, 4) is 0 Å². The molecule has 1 amide bonds. The van der Waals surface area contributed by atoms with Gasteiger partial charge in [0.1, 0.15) is 5.69 Å². The molecule has 0 radical (unpaired) electrons. The molecule has 4 nitrogen and oxygen atoms in total. The summed E-state index contributed by atoms with van der Waals surface area (Å²) < 4.78 is 13.0. The normalized spacial score (nSPS) is 21.1. The van der Waals surface area contributed by atoms with E-state index in [9.17, 15) is 9.18 Å². The molecule has 1 unspecified atom stereocenters. The average molecular weight is 251 g/mol. The first kappa shape index (κ1) is 13.0. The maximum atomic E-state index is 13.0. The number of hydrogen-bond donors (Lipinski definition) is 0. The molecule has 1 aromatic rings. The van der Waals surface area contributed by atoms with Crippen molar-refractivity contribution in [1.82, 2.24) is 14.8 Å². The van der Waals surface area contributed by atoms with Gasteiger partial charge in [0.25, 0.3) is 5.91 Å². The van der Waals surface area contributed by atoms with Crippen LogP contribution in [0.2, 0.25) is 0 Å². The predicted molar refractivity (Wildman–Crippen MR) is 66.8 cm³/mol. The Hall–Kier alpha value is -1.49. The van der Waals surface area contributed by atoms with Gasteiger partial charge in [0, 0.05) is 25.7 Å². The second-order valence-electron chi connectivity index (χ2n) is 4.64. The molecule has 0 bridgehead atoms. The maximum absolute atomic E-state index is 13.0. The van der Waals surface area contributed by atoms with Crippen molar-refractivity contribution >= 4 is 5.91 Å². The molecule has 1 atom stereocenters.